The summed E-state index contributed by atoms with van der Waals surface area (Å²) in [5.41, 5.74) is 1.48. The van der Waals surface area contributed by atoms with Gasteiger partial charge in [-0.2, -0.15) is 0 Å². The third-order valence-electron chi connectivity index (χ3n) is 4.79. The van der Waals surface area contributed by atoms with E-state index in [0.29, 0.717) is 18.3 Å². The van der Waals surface area contributed by atoms with E-state index in [2.05, 4.69) is 20.5 Å². The number of carbonyl (C=O) groups excluding carboxylic acids is 1. The summed E-state index contributed by atoms with van der Waals surface area (Å²) in [7, 11) is 0. The van der Waals surface area contributed by atoms with Crippen molar-refractivity contribution in [3.63, 3.8) is 0 Å². The van der Waals surface area contributed by atoms with Gasteiger partial charge in [-0.1, -0.05) is 19.3 Å². The van der Waals surface area contributed by atoms with E-state index in [0.717, 1.165) is 38.5 Å². The Hall–Kier alpha value is -1.66. The molecule has 6 nitrogen and oxygen atoms in total. The first kappa shape index (κ1) is 17.2. The summed E-state index contributed by atoms with van der Waals surface area (Å²) in [6.45, 7) is 4.94. The molecule has 2 heterocycles. The molecule has 1 saturated heterocycles. The van der Waals surface area contributed by atoms with E-state index < -0.39 is 0 Å². The van der Waals surface area contributed by atoms with E-state index >= 15 is 0 Å². The number of nitrogens with one attached hydrogen (secondary N) is 2. The predicted octanol–water partition coefficient (Wildman–Crippen LogP) is 1.89. The topological polar surface area (TPSA) is 66.5 Å². The van der Waals surface area contributed by atoms with Gasteiger partial charge in [0.2, 0.25) is 0 Å². The molecule has 1 saturated carbocycles. The Balaban J connectivity index is 1.46. The molecule has 1 amide bonds. The summed E-state index contributed by atoms with van der Waals surface area (Å²) in [6, 6.07) is 4.33. The molecule has 0 atom stereocenters. The summed E-state index contributed by atoms with van der Waals surface area (Å²) in [6.07, 6.45) is 8.05. The summed E-state index contributed by atoms with van der Waals surface area (Å²) in [4.78, 5) is 18.8. The van der Waals surface area contributed by atoms with Crippen LogP contribution in [0.25, 0.3) is 0 Å². The number of carbonyl (C=O) groups is 1. The average molecular weight is 332 g/mol. The largest absolute Gasteiger partial charge is 0.382 e. The highest BCUT2D eigenvalue weighted by Crippen LogP contribution is 2.21. The maximum atomic E-state index is 12.3. The number of anilines is 1. The predicted molar refractivity (Wildman–Crippen MR) is 94.3 cm³/mol. The van der Waals surface area contributed by atoms with Crippen molar-refractivity contribution in [1.82, 2.24) is 15.2 Å². The number of pyridine rings is 1. The Bertz CT molecular complexity index is 526. The molecule has 2 N–H and O–H groups in total. The lowest BCUT2D eigenvalue weighted by molar-refractivity contribution is 0.0383. The standard InChI is InChI=1S/C18H28N4O2/c23-18(20-8-9-22-10-12-24-13-11-22)17-14-16(6-7-19-17)21-15-4-2-1-3-5-15/h6-7,14-15H,1-5,8-13H2,(H,19,21)(H,20,23). The van der Waals surface area contributed by atoms with E-state index in [1.807, 2.05) is 12.1 Å². The highest BCUT2D eigenvalue weighted by Gasteiger charge is 2.15. The lowest BCUT2D eigenvalue weighted by Crippen LogP contribution is -2.41. The van der Waals surface area contributed by atoms with E-state index in [1.165, 1.54) is 32.1 Å². The molecule has 0 aromatic carbocycles. The Morgan fingerprint density at radius 1 is 1.25 bits per heavy atom. The molecule has 1 aliphatic carbocycles. The van der Waals surface area contributed by atoms with Crippen molar-refractivity contribution in [2.24, 2.45) is 0 Å². The fraction of sp³-hybridized carbons (Fsp3) is 0.667. The van der Waals surface area contributed by atoms with E-state index in [-0.39, 0.29) is 5.91 Å². The second kappa shape index (κ2) is 8.99. The maximum absolute atomic E-state index is 12.3. The quantitative estimate of drug-likeness (QED) is 0.833. The van der Waals surface area contributed by atoms with E-state index in [1.54, 1.807) is 6.20 Å². The van der Waals surface area contributed by atoms with Gasteiger partial charge < -0.3 is 15.4 Å². The number of morpholine rings is 1. The normalized spacial score (nSPS) is 19.8. The Morgan fingerprint density at radius 2 is 2.04 bits per heavy atom. The van der Waals surface area contributed by atoms with Gasteiger partial charge in [0.05, 0.1) is 13.2 Å². The minimum Gasteiger partial charge on any atom is -0.382 e. The summed E-state index contributed by atoms with van der Waals surface area (Å²) >= 11 is 0. The average Bonchev–Trinajstić information content (AvgIpc) is 2.64. The molecular weight excluding hydrogens is 304 g/mol. The van der Waals surface area contributed by atoms with E-state index in [4.69, 9.17) is 4.74 Å². The first-order chi connectivity index (χ1) is 11.8. The zero-order valence-electron chi connectivity index (χ0n) is 14.3. The fourth-order valence-corrected chi connectivity index (χ4v) is 3.37. The summed E-state index contributed by atoms with van der Waals surface area (Å²) in [5.74, 6) is -0.101. The molecule has 132 valence electrons. The Kier molecular flexibility index (Phi) is 6.43. The molecule has 1 aliphatic heterocycles. The van der Waals surface area contributed by atoms with Crippen molar-refractivity contribution in [2.75, 3.05) is 44.7 Å². The molecule has 6 heteroatoms. The van der Waals surface area contributed by atoms with Crippen molar-refractivity contribution in [3.8, 4) is 0 Å². The number of rotatable bonds is 6. The molecule has 24 heavy (non-hydrogen) atoms. The van der Waals surface area contributed by atoms with Gasteiger partial charge in [-0.3, -0.25) is 14.7 Å². The molecule has 2 aliphatic rings. The van der Waals surface area contributed by atoms with Crippen LogP contribution in [0.4, 0.5) is 5.69 Å². The second-order valence-electron chi connectivity index (χ2n) is 6.62. The van der Waals surface area contributed by atoms with Crippen LogP contribution < -0.4 is 10.6 Å². The zero-order valence-corrected chi connectivity index (χ0v) is 14.3. The van der Waals surface area contributed by atoms with Crippen LogP contribution in [-0.2, 0) is 4.74 Å². The lowest BCUT2D eigenvalue weighted by Gasteiger charge is -2.26. The minimum atomic E-state index is -0.101. The lowest BCUT2D eigenvalue weighted by atomic mass is 9.95. The van der Waals surface area contributed by atoms with Crippen molar-refractivity contribution in [2.45, 2.75) is 38.1 Å². The number of hydrogen-bond donors (Lipinski definition) is 2. The molecular formula is C18H28N4O2. The molecule has 0 bridgehead atoms. The van der Waals surface area contributed by atoms with Gasteiger partial charge in [-0.25, -0.2) is 0 Å². The monoisotopic (exact) mass is 332 g/mol. The highest BCUT2D eigenvalue weighted by atomic mass is 16.5. The van der Waals surface area contributed by atoms with Crippen LogP contribution in [0, 0.1) is 0 Å². The molecule has 3 rings (SSSR count). The minimum absolute atomic E-state index is 0.101. The first-order valence-corrected chi connectivity index (χ1v) is 9.12. The van der Waals surface area contributed by atoms with Crippen LogP contribution >= 0.6 is 0 Å². The third-order valence-corrected chi connectivity index (χ3v) is 4.79. The van der Waals surface area contributed by atoms with Gasteiger partial charge in [0.15, 0.2) is 0 Å². The molecule has 0 spiro atoms. The molecule has 0 unspecified atom stereocenters. The van der Waals surface area contributed by atoms with Gasteiger partial charge >= 0.3 is 0 Å². The highest BCUT2D eigenvalue weighted by molar-refractivity contribution is 5.93. The summed E-state index contributed by atoms with van der Waals surface area (Å²) < 4.78 is 5.33. The van der Waals surface area contributed by atoms with Crippen LogP contribution in [0.3, 0.4) is 0 Å². The van der Waals surface area contributed by atoms with Gasteiger partial charge in [-0.05, 0) is 25.0 Å². The molecule has 1 aromatic heterocycles. The summed E-state index contributed by atoms with van der Waals surface area (Å²) in [5, 5.41) is 6.51. The Labute approximate surface area is 144 Å². The number of nitrogens with zero attached hydrogens (tertiary/aromatic N) is 2. The van der Waals surface area contributed by atoms with Crippen molar-refractivity contribution in [3.05, 3.63) is 24.0 Å². The van der Waals surface area contributed by atoms with E-state index in [9.17, 15) is 4.79 Å². The van der Waals surface area contributed by atoms with Crippen molar-refractivity contribution >= 4 is 11.6 Å². The number of amides is 1. The zero-order chi connectivity index (χ0) is 16.6. The Morgan fingerprint density at radius 3 is 2.83 bits per heavy atom. The third kappa shape index (κ3) is 5.18. The van der Waals surface area contributed by atoms with Gasteiger partial charge in [0, 0.05) is 44.1 Å². The van der Waals surface area contributed by atoms with Crippen LogP contribution in [0.5, 0.6) is 0 Å². The number of aromatic nitrogens is 1. The molecule has 0 radical (unpaired) electrons. The molecule has 2 fully saturated rings. The SMILES string of the molecule is O=C(NCCN1CCOCC1)c1cc(NC2CCCCC2)ccn1. The van der Waals surface area contributed by atoms with Crippen LogP contribution in [0.15, 0.2) is 18.3 Å². The van der Waals surface area contributed by atoms with Gasteiger partial charge in [0.25, 0.3) is 5.91 Å². The van der Waals surface area contributed by atoms with Crippen molar-refractivity contribution in [1.29, 1.82) is 0 Å². The van der Waals surface area contributed by atoms with Crippen LogP contribution in [-0.4, -0.2) is 61.2 Å². The van der Waals surface area contributed by atoms with Gasteiger partial charge in [-0.15, -0.1) is 0 Å². The fourth-order valence-electron chi connectivity index (χ4n) is 3.37. The van der Waals surface area contributed by atoms with Crippen molar-refractivity contribution < 1.29 is 9.53 Å². The number of ether oxygens (including phenoxy) is 1. The number of hydrogen-bond acceptors (Lipinski definition) is 5. The first-order valence-electron chi connectivity index (χ1n) is 9.12. The van der Waals surface area contributed by atoms with Gasteiger partial charge in [0.1, 0.15) is 5.69 Å². The maximum Gasteiger partial charge on any atom is 0.269 e. The van der Waals surface area contributed by atoms with Crippen LogP contribution in [0.2, 0.25) is 0 Å². The van der Waals surface area contributed by atoms with Crippen LogP contribution in [0.1, 0.15) is 42.6 Å². The molecule has 1 aromatic rings. The second-order valence-corrected chi connectivity index (χ2v) is 6.62. The smallest absolute Gasteiger partial charge is 0.269 e.